The Balaban J connectivity index is 2.05. The van der Waals surface area contributed by atoms with Gasteiger partial charge in [0.1, 0.15) is 16.8 Å². The second kappa shape index (κ2) is 8.23. The monoisotopic (exact) mass is 387 g/mol. The molecule has 1 aromatic carbocycles. The number of carbonyl (C=O) groups is 3. The summed E-state index contributed by atoms with van der Waals surface area (Å²) in [4.78, 5) is 33.7. The number of rotatable bonds is 5. The molecule has 1 saturated heterocycles. The zero-order valence-electron chi connectivity index (χ0n) is 13.9. The second-order valence-electron chi connectivity index (χ2n) is 5.54. The van der Waals surface area contributed by atoms with Crippen molar-refractivity contribution in [2.75, 3.05) is 13.2 Å². The van der Waals surface area contributed by atoms with Gasteiger partial charge in [-0.3, -0.25) is 25.2 Å². The first kappa shape index (κ1) is 19.8. The number of carbonyl (C=O) groups excluding carboxylic acids is 3. The average Bonchev–Trinajstić information content (AvgIpc) is 3.08. The van der Waals surface area contributed by atoms with E-state index in [0.29, 0.717) is 6.42 Å². The van der Waals surface area contributed by atoms with Crippen LogP contribution in [0.3, 0.4) is 0 Å². The van der Waals surface area contributed by atoms with Crippen molar-refractivity contribution in [1.29, 1.82) is 0 Å². The van der Waals surface area contributed by atoms with E-state index in [9.17, 15) is 27.2 Å². The Morgan fingerprint density at radius 1 is 1.27 bits per heavy atom. The Kier molecular flexibility index (Phi) is 6.27. The Morgan fingerprint density at radius 2 is 1.96 bits per heavy atom. The largest absolute Gasteiger partial charge is 0.454 e. The van der Waals surface area contributed by atoms with E-state index < -0.39 is 51.2 Å². The van der Waals surface area contributed by atoms with Crippen molar-refractivity contribution in [3.05, 3.63) is 30.1 Å². The molecule has 0 spiro atoms. The first-order chi connectivity index (χ1) is 12.2. The maximum Gasteiger partial charge on any atom is 0.324 e. The molecule has 0 bridgehead atoms. The fourth-order valence-corrected chi connectivity index (χ4v) is 4.18. The normalized spacial score (nSPS) is 17.5. The molecule has 142 valence electrons. The first-order valence-electron chi connectivity index (χ1n) is 7.72. The van der Waals surface area contributed by atoms with E-state index in [0.717, 1.165) is 16.4 Å². The molecule has 2 amide bonds. The SMILES string of the molecule is CC(=O)NNC(=O)COC(=O)[C@@H]1CCCN1S(=O)(=O)c1ccccc1F. The smallest absolute Gasteiger partial charge is 0.324 e. The minimum absolute atomic E-state index is 0.0362. The van der Waals surface area contributed by atoms with Crippen LogP contribution in [0.4, 0.5) is 4.39 Å². The van der Waals surface area contributed by atoms with E-state index in [2.05, 4.69) is 0 Å². The Morgan fingerprint density at radius 3 is 2.62 bits per heavy atom. The Labute approximate surface area is 149 Å². The van der Waals surface area contributed by atoms with Gasteiger partial charge < -0.3 is 4.74 Å². The van der Waals surface area contributed by atoms with Crippen LogP contribution >= 0.6 is 0 Å². The molecule has 26 heavy (non-hydrogen) atoms. The highest BCUT2D eigenvalue weighted by Crippen LogP contribution is 2.28. The van der Waals surface area contributed by atoms with Crippen LogP contribution in [0.25, 0.3) is 0 Å². The van der Waals surface area contributed by atoms with Crippen LogP contribution in [-0.2, 0) is 29.1 Å². The number of ether oxygens (including phenoxy) is 1. The molecule has 1 fully saturated rings. The van der Waals surface area contributed by atoms with Crippen LogP contribution in [-0.4, -0.2) is 49.7 Å². The number of hydrogen-bond donors (Lipinski definition) is 2. The predicted octanol–water partition coefficient (Wildman–Crippen LogP) is -0.311. The maximum atomic E-state index is 13.9. The summed E-state index contributed by atoms with van der Waals surface area (Å²) >= 11 is 0. The first-order valence-corrected chi connectivity index (χ1v) is 9.16. The lowest BCUT2D eigenvalue weighted by Crippen LogP contribution is -2.45. The van der Waals surface area contributed by atoms with Gasteiger partial charge in [0, 0.05) is 13.5 Å². The molecule has 9 nitrogen and oxygen atoms in total. The number of nitrogens with one attached hydrogen (secondary N) is 2. The molecule has 2 rings (SSSR count). The van der Waals surface area contributed by atoms with Gasteiger partial charge in [-0.2, -0.15) is 4.31 Å². The van der Waals surface area contributed by atoms with E-state index in [1.54, 1.807) is 0 Å². The molecular weight excluding hydrogens is 369 g/mol. The molecule has 2 N–H and O–H groups in total. The number of nitrogens with zero attached hydrogens (tertiary/aromatic N) is 1. The Hall–Kier alpha value is -2.53. The predicted molar refractivity (Wildman–Crippen MR) is 86.2 cm³/mol. The van der Waals surface area contributed by atoms with E-state index >= 15 is 0 Å². The quantitative estimate of drug-likeness (QED) is 0.528. The number of esters is 1. The van der Waals surface area contributed by atoms with Gasteiger partial charge in [0.2, 0.25) is 15.9 Å². The molecular formula is C15H18FN3O6S. The van der Waals surface area contributed by atoms with Crippen LogP contribution in [0.2, 0.25) is 0 Å². The van der Waals surface area contributed by atoms with Crippen molar-refractivity contribution in [1.82, 2.24) is 15.2 Å². The van der Waals surface area contributed by atoms with Gasteiger partial charge in [0.15, 0.2) is 6.61 Å². The Bertz CT molecular complexity index is 813. The number of halogens is 1. The number of sulfonamides is 1. The molecule has 1 aliphatic heterocycles. The number of hydrazine groups is 1. The van der Waals surface area contributed by atoms with E-state index in [1.165, 1.54) is 19.1 Å². The molecule has 11 heteroatoms. The zero-order chi connectivity index (χ0) is 19.3. The fraction of sp³-hybridized carbons (Fsp3) is 0.400. The molecule has 0 saturated carbocycles. The summed E-state index contributed by atoms with van der Waals surface area (Å²) in [6.45, 7) is 0.522. The summed E-state index contributed by atoms with van der Waals surface area (Å²) in [6, 6.07) is 3.73. The minimum Gasteiger partial charge on any atom is -0.454 e. The van der Waals surface area contributed by atoms with Gasteiger partial charge in [0.25, 0.3) is 5.91 Å². The summed E-state index contributed by atoms with van der Waals surface area (Å²) in [6.07, 6.45) is 0.589. The van der Waals surface area contributed by atoms with Gasteiger partial charge in [-0.15, -0.1) is 0 Å². The highest BCUT2D eigenvalue weighted by atomic mass is 32.2. The molecule has 1 aromatic rings. The summed E-state index contributed by atoms with van der Waals surface area (Å²) < 4.78 is 44.8. The molecule has 1 heterocycles. The topological polar surface area (TPSA) is 122 Å². The van der Waals surface area contributed by atoms with Crippen molar-refractivity contribution in [2.24, 2.45) is 0 Å². The molecule has 0 radical (unpaired) electrons. The maximum absolute atomic E-state index is 13.9. The molecule has 0 aromatic heterocycles. The molecule has 1 aliphatic rings. The highest BCUT2D eigenvalue weighted by molar-refractivity contribution is 7.89. The standard InChI is InChI=1S/C15H18FN3O6S/c1-10(20)17-18-14(21)9-25-15(22)12-6-4-8-19(12)26(23,24)13-7-3-2-5-11(13)16/h2-3,5,7,12H,4,6,8-9H2,1H3,(H,17,20)(H,18,21)/t12-/m0/s1. The van der Waals surface area contributed by atoms with Gasteiger partial charge in [-0.05, 0) is 25.0 Å². The third-order valence-electron chi connectivity index (χ3n) is 3.62. The van der Waals surface area contributed by atoms with Crippen molar-refractivity contribution in [3.8, 4) is 0 Å². The third kappa shape index (κ3) is 4.55. The van der Waals surface area contributed by atoms with Gasteiger partial charge in [-0.1, -0.05) is 12.1 Å². The highest BCUT2D eigenvalue weighted by Gasteiger charge is 2.41. The molecule has 1 atom stereocenters. The number of hydrogen-bond acceptors (Lipinski definition) is 6. The van der Waals surface area contributed by atoms with Crippen LogP contribution in [0.15, 0.2) is 29.2 Å². The van der Waals surface area contributed by atoms with E-state index in [4.69, 9.17) is 4.74 Å². The summed E-state index contributed by atoms with van der Waals surface area (Å²) in [5.41, 5.74) is 4.03. The van der Waals surface area contributed by atoms with Crippen molar-refractivity contribution >= 4 is 27.8 Å². The molecule has 0 unspecified atom stereocenters. The number of benzene rings is 1. The van der Waals surface area contributed by atoms with Gasteiger partial charge in [0.05, 0.1) is 0 Å². The van der Waals surface area contributed by atoms with Crippen LogP contribution in [0, 0.1) is 5.82 Å². The third-order valence-corrected chi connectivity index (χ3v) is 5.56. The van der Waals surface area contributed by atoms with Crippen molar-refractivity contribution in [3.63, 3.8) is 0 Å². The average molecular weight is 387 g/mol. The summed E-state index contributed by atoms with van der Waals surface area (Å²) in [5.74, 6) is -3.13. The van der Waals surface area contributed by atoms with Crippen molar-refractivity contribution < 1.29 is 31.9 Å². The lowest BCUT2D eigenvalue weighted by Gasteiger charge is -2.22. The lowest BCUT2D eigenvalue weighted by atomic mass is 10.2. The van der Waals surface area contributed by atoms with E-state index in [1.807, 2.05) is 10.9 Å². The number of amides is 2. The van der Waals surface area contributed by atoms with Crippen LogP contribution in [0.1, 0.15) is 19.8 Å². The van der Waals surface area contributed by atoms with Gasteiger partial charge >= 0.3 is 5.97 Å². The second-order valence-corrected chi connectivity index (χ2v) is 7.40. The van der Waals surface area contributed by atoms with Crippen molar-refractivity contribution in [2.45, 2.75) is 30.7 Å². The summed E-state index contributed by atoms with van der Waals surface area (Å²) in [7, 11) is -4.22. The van der Waals surface area contributed by atoms with E-state index in [-0.39, 0.29) is 13.0 Å². The molecule has 0 aliphatic carbocycles. The summed E-state index contributed by atoms with van der Waals surface area (Å²) in [5, 5.41) is 0. The van der Waals surface area contributed by atoms with Gasteiger partial charge in [-0.25, -0.2) is 12.8 Å². The lowest BCUT2D eigenvalue weighted by molar-refractivity contribution is -0.152. The van der Waals surface area contributed by atoms with Crippen LogP contribution < -0.4 is 10.9 Å². The fourth-order valence-electron chi connectivity index (χ4n) is 2.47. The zero-order valence-corrected chi connectivity index (χ0v) is 14.7. The minimum atomic E-state index is -4.22. The van der Waals surface area contributed by atoms with Crippen LogP contribution in [0.5, 0.6) is 0 Å².